The van der Waals surface area contributed by atoms with Crippen molar-refractivity contribution >= 4 is 5.78 Å². The highest BCUT2D eigenvalue weighted by molar-refractivity contribution is 5.98. The Bertz CT molecular complexity index is 646. The van der Waals surface area contributed by atoms with Gasteiger partial charge in [0.15, 0.2) is 5.78 Å². The molecule has 0 unspecified atom stereocenters. The van der Waals surface area contributed by atoms with Crippen molar-refractivity contribution in [1.82, 2.24) is 0 Å². The summed E-state index contributed by atoms with van der Waals surface area (Å²) in [6.45, 7) is 0. The highest BCUT2D eigenvalue weighted by atomic mass is 19.4. The van der Waals surface area contributed by atoms with Crippen LogP contribution in [0.4, 0.5) is 13.2 Å². The van der Waals surface area contributed by atoms with Gasteiger partial charge in [-0.1, -0.05) is 36.4 Å². The number of ketones is 1. The fourth-order valence-corrected chi connectivity index (χ4v) is 2.80. The lowest BCUT2D eigenvalue weighted by Gasteiger charge is -2.10. The lowest BCUT2D eigenvalue weighted by Crippen LogP contribution is -2.15. The number of Topliss-reactive ketones (excluding diaryl/α,β-unsaturated/α-hetero) is 1. The van der Waals surface area contributed by atoms with Gasteiger partial charge in [0, 0.05) is 11.5 Å². The first-order chi connectivity index (χ1) is 9.95. The zero-order valence-electron chi connectivity index (χ0n) is 11.2. The number of hydrogen-bond donors (Lipinski definition) is 0. The summed E-state index contributed by atoms with van der Waals surface area (Å²) >= 11 is 0. The van der Waals surface area contributed by atoms with Gasteiger partial charge in [0.1, 0.15) is 0 Å². The molecule has 3 rings (SSSR count). The minimum atomic E-state index is -4.37. The second kappa shape index (κ2) is 5.02. The fourth-order valence-electron chi connectivity index (χ4n) is 2.80. The molecule has 0 radical (unpaired) electrons. The van der Waals surface area contributed by atoms with Crippen LogP contribution in [0.2, 0.25) is 0 Å². The number of alkyl halides is 3. The number of carbonyl (C=O) groups is 1. The van der Waals surface area contributed by atoms with Gasteiger partial charge < -0.3 is 0 Å². The van der Waals surface area contributed by atoms with Crippen molar-refractivity contribution in [2.45, 2.75) is 19.0 Å². The van der Waals surface area contributed by atoms with Crippen LogP contribution < -0.4 is 0 Å². The maximum atomic E-state index is 12.5. The summed E-state index contributed by atoms with van der Waals surface area (Å²) in [6, 6.07) is 12.3. The van der Waals surface area contributed by atoms with Crippen molar-refractivity contribution in [3.8, 4) is 0 Å². The third-order valence-electron chi connectivity index (χ3n) is 3.92. The van der Waals surface area contributed by atoms with Gasteiger partial charge in [0.05, 0.1) is 5.56 Å². The Morgan fingerprint density at radius 3 is 1.90 bits per heavy atom. The Balaban J connectivity index is 1.78. The van der Waals surface area contributed by atoms with E-state index in [1.165, 1.54) is 12.1 Å². The van der Waals surface area contributed by atoms with Gasteiger partial charge in [0.25, 0.3) is 0 Å². The van der Waals surface area contributed by atoms with Crippen molar-refractivity contribution in [3.05, 3.63) is 70.8 Å². The largest absolute Gasteiger partial charge is 0.416 e. The van der Waals surface area contributed by atoms with Gasteiger partial charge in [-0.05, 0) is 36.1 Å². The van der Waals surface area contributed by atoms with Crippen LogP contribution in [-0.2, 0) is 19.0 Å². The number of rotatable bonds is 2. The molecule has 0 saturated heterocycles. The van der Waals surface area contributed by atoms with E-state index < -0.39 is 11.7 Å². The van der Waals surface area contributed by atoms with E-state index in [-0.39, 0.29) is 11.7 Å². The standard InChI is InChI=1S/C17H13F3O/c18-17(19,20)15-7-5-11(6-8-15)16(21)14-9-12-3-1-2-4-13(12)10-14/h1-8,14H,9-10H2. The van der Waals surface area contributed by atoms with Crippen molar-refractivity contribution in [1.29, 1.82) is 0 Å². The zero-order chi connectivity index (χ0) is 15.0. The summed E-state index contributed by atoms with van der Waals surface area (Å²) in [6.07, 6.45) is -3.04. The molecule has 0 amide bonds. The van der Waals surface area contributed by atoms with E-state index in [0.29, 0.717) is 18.4 Å². The van der Waals surface area contributed by atoms with Gasteiger partial charge in [-0.3, -0.25) is 4.79 Å². The quantitative estimate of drug-likeness (QED) is 0.753. The second-order valence-corrected chi connectivity index (χ2v) is 5.31. The normalized spacial score (nSPS) is 15.0. The first kappa shape index (κ1) is 13.9. The fraction of sp³-hybridized carbons (Fsp3) is 0.235. The molecular formula is C17H13F3O. The van der Waals surface area contributed by atoms with Crippen LogP contribution in [0.1, 0.15) is 27.0 Å². The van der Waals surface area contributed by atoms with Crippen LogP contribution in [0, 0.1) is 5.92 Å². The van der Waals surface area contributed by atoms with Crippen LogP contribution in [0.25, 0.3) is 0 Å². The predicted molar refractivity (Wildman–Crippen MR) is 73.1 cm³/mol. The Hall–Kier alpha value is -2.10. The van der Waals surface area contributed by atoms with E-state index >= 15 is 0 Å². The molecule has 0 fully saturated rings. The smallest absolute Gasteiger partial charge is 0.294 e. The van der Waals surface area contributed by atoms with Crippen LogP contribution in [0.15, 0.2) is 48.5 Å². The highest BCUT2D eigenvalue weighted by Crippen LogP contribution is 2.31. The van der Waals surface area contributed by atoms with Gasteiger partial charge in [0.2, 0.25) is 0 Å². The summed E-state index contributed by atoms with van der Waals surface area (Å²) in [7, 11) is 0. The summed E-state index contributed by atoms with van der Waals surface area (Å²) < 4.78 is 37.5. The van der Waals surface area contributed by atoms with Gasteiger partial charge >= 0.3 is 6.18 Å². The average Bonchev–Trinajstić information content (AvgIpc) is 2.89. The molecule has 1 aliphatic carbocycles. The molecule has 0 saturated carbocycles. The second-order valence-electron chi connectivity index (χ2n) is 5.31. The molecule has 108 valence electrons. The van der Waals surface area contributed by atoms with Crippen LogP contribution >= 0.6 is 0 Å². The molecule has 0 heterocycles. The Labute approximate surface area is 120 Å². The molecule has 0 bridgehead atoms. The van der Waals surface area contributed by atoms with Crippen molar-refractivity contribution in [3.63, 3.8) is 0 Å². The van der Waals surface area contributed by atoms with Crippen LogP contribution in [0.3, 0.4) is 0 Å². The van der Waals surface area contributed by atoms with Gasteiger partial charge in [-0.25, -0.2) is 0 Å². The van der Waals surface area contributed by atoms with Crippen molar-refractivity contribution in [2.24, 2.45) is 5.92 Å². The molecule has 1 nitrogen and oxygen atoms in total. The first-order valence-corrected chi connectivity index (χ1v) is 6.73. The third-order valence-corrected chi connectivity index (χ3v) is 3.92. The summed E-state index contributed by atoms with van der Waals surface area (Å²) in [4.78, 5) is 12.4. The van der Waals surface area contributed by atoms with E-state index in [1.54, 1.807) is 0 Å². The van der Waals surface area contributed by atoms with E-state index in [4.69, 9.17) is 0 Å². The highest BCUT2D eigenvalue weighted by Gasteiger charge is 2.31. The molecule has 1 aliphatic rings. The molecule has 21 heavy (non-hydrogen) atoms. The molecule has 4 heteroatoms. The third kappa shape index (κ3) is 2.71. The summed E-state index contributed by atoms with van der Waals surface area (Å²) in [5.41, 5.74) is 1.93. The lowest BCUT2D eigenvalue weighted by atomic mass is 9.94. The molecule has 0 aliphatic heterocycles. The number of fused-ring (bicyclic) bond motifs is 1. The molecule has 2 aromatic rings. The van der Waals surface area contributed by atoms with Crippen LogP contribution in [-0.4, -0.2) is 5.78 Å². The number of hydrogen-bond acceptors (Lipinski definition) is 1. The van der Waals surface area contributed by atoms with E-state index in [1.807, 2.05) is 24.3 Å². The van der Waals surface area contributed by atoms with Crippen molar-refractivity contribution in [2.75, 3.05) is 0 Å². The lowest BCUT2D eigenvalue weighted by molar-refractivity contribution is -0.137. The summed E-state index contributed by atoms with van der Waals surface area (Å²) in [5.74, 6) is -0.251. The molecule has 0 N–H and O–H groups in total. The monoisotopic (exact) mass is 290 g/mol. The molecule has 0 spiro atoms. The van der Waals surface area contributed by atoms with Gasteiger partial charge in [-0.2, -0.15) is 13.2 Å². The Morgan fingerprint density at radius 1 is 0.905 bits per heavy atom. The van der Waals surface area contributed by atoms with Crippen LogP contribution in [0.5, 0.6) is 0 Å². The Kier molecular flexibility index (Phi) is 3.32. The Morgan fingerprint density at radius 2 is 1.43 bits per heavy atom. The van der Waals surface area contributed by atoms with E-state index in [2.05, 4.69) is 0 Å². The number of carbonyl (C=O) groups excluding carboxylic acids is 1. The van der Waals surface area contributed by atoms with E-state index in [9.17, 15) is 18.0 Å². The molecule has 0 aromatic heterocycles. The predicted octanol–water partition coefficient (Wildman–Crippen LogP) is 4.30. The first-order valence-electron chi connectivity index (χ1n) is 6.73. The topological polar surface area (TPSA) is 17.1 Å². The van der Waals surface area contributed by atoms with E-state index in [0.717, 1.165) is 23.3 Å². The number of benzene rings is 2. The molecule has 2 aromatic carbocycles. The summed E-state index contributed by atoms with van der Waals surface area (Å²) in [5, 5.41) is 0. The average molecular weight is 290 g/mol. The minimum Gasteiger partial charge on any atom is -0.294 e. The molecule has 0 atom stereocenters. The molecular weight excluding hydrogens is 277 g/mol. The van der Waals surface area contributed by atoms with Gasteiger partial charge in [-0.15, -0.1) is 0 Å². The maximum Gasteiger partial charge on any atom is 0.416 e. The minimum absolute atomic E-state index is 0.0834. The zero-order valence-corrected chi connectivity index (χ0v) is 11.2. The SMILES string of the molecule is O=C(c1ccc(C(F)(F)F)cc1)C1Cc2ccccc2C1. The maximum absolute atomic E-state index is 12.5. The van der Waals surface area contributed by atoms with Crippen molar-refractivity contribution < 1.29 is 18.0 Å². The number of halogens is 3.